The van der Waals surface area contributed by atoms with Crippen LogP contribution in [-0.4, -0.2) is 42.7 Å². The van der Waals surface area contributed by atoms with Crippen molar-refractivity contribution in [3.8, 4) is 0 Å². The number of thioether (sulfide) groups is 1. The van der Waals surface area contributed by atoms with Gasteiger partial charge in [0.05, 0.1) is 23.6 Å². The third-order valence-electron chi connectivity index (χ3n) is 3.07. The lowest BCUT2D eigenvalue weighted by atomic mass is 10.1. The number of imide groups is 1. The quantitative estimate of drug-likeness (QED) is 0.757. The van der Waals surface area contributed by atoms with E-state index in [2.05, 4.69) is 0 Å². The van der Waals surface area contributed by atoms with E-state index in [-0.39, 0.29) is 30.8 Å². The molecule has 2 rings (SSSR count). The van der Waals surface area contributed by atoms with E-state index in [1.165, 1.54) is 48.0 Å². The average molecular weight is 309 g/mol. The second-order valence-corrected chi connectivity index (χ2v) is 5.67. The van der Waals surface area contributed by atoms with E-state index in [0.717, 1.165) is 0 Å². The maximum Gasteiger partial charge on any atom is 0.268 e. The second kappa shape index (κ2) is 6.87. The highest BCUT2D eigenvalue weighted by atomic mass is 32.2. The monoisotopic (exact) mass is 309 g/mol. The minimum atomic E-state index is -0.378. The van der Waals surface area contributed by atoms with Crippen LogP contribution in [0.1, 0.15) is 12.5 Å². The molecule has 21 heavy (non-hydrogen) atoms. The second-order valence-electron chi connectivity index (χ2n) is 4.40. The summed E-state index contributed by atoms with van der Waals surface area (Å²) in [5.41, 5.74) is 0.911. The van der Waals surface area contributed by atoms with Gasteiger partial charge in [-0.25, -0.2) is 4.39 Å². The van der Waals surface area contributed by atoms with Crippen LogP contribution in [0.5, 0.6) is 0 Å². The molecule has 6 heteroatoms. The number of halogens is 1. The summed E-state index contributed by atoms with van der Waals surface area (Å²) in [7, 11) is 1.51. The number of amides is 2. The van der Waals surface area contributed by atoms with Crippen molar-refractivity contribution in [2.24, 2.45) is 0 Å². The predicted octanol–water partition coefficient (Wildman–Crippen LogP) is 2.31. The lowest BCUT2D eigenvalue weighted by molar-refractivity contribution is -0.137. The molecule has 0 N–H and O–H groups in total. The molecule has 1 aromatic rings. The minimum absolute atomic E-state index is 0.215. The van der Waals surface area contributed by atoms with E-state index in [1.807, 2.05) is 6.92 Å². The molecule has 0 radical (unpaired) electrons. The number of ether oxygens (including phenoxy) is 1. The first-order valence-electron chi connectivity index (χ1n) is 6.58. The first-order chi connectivity index (χ1) is 10.1. The Morgan fingerprint density at radius 3 is 2.43 bits per heavy atom. The van der Waals surface area contributed by atoms with E-state index >= 15 is 0 Å². The van der Waals surface area contributed by atoms with Crippen LogP contribution < -0.4 is 0 Å². The molecule has 2 amide bonds. The maximum atomic E-state index is 13.0. The Bertz CT molecular complexity index is 583. The fraction of sp³-hybridized carbons (Fsp3) is 0.333. The zero-order valence-electron chi connectivity index (χ0n) is 11.9. The summed E-state index contributed by atoms with van der Waals surface area (Å²) in [4.78, 5) is 26.4. The molecule has 0 spiro atoms. The molecular formula is C15H16FNO3S. The van der Waals surface area contributed by atoms with Crippen LogP contribution >= 0.6 is 11.8 Å². The normalized spacial score (nSPS) is 15.3. The molecule has 0 fully saturated rings. The Kier molecular flexibility index (Phi) is 5.14. The third-order valence-corrected chi connectivity index (χ3v) is 4.02. The smallest absolute Gasteiger partial charge is 0.268 e. The Balaban J connectivity index is 2.40. The first kappa shape index (κ1) is 15.7. The molecule has 0 saturated heterocycles. The molecule has 0 aromatic heterocycles. The van der Waals surface area contributed by atoms with E-state index in [1.54, 1.807) is 0 Å². The van der Waals surface area contributed by atoms with Crippen LogP contribution in [0.15, 0.2) is 29.2 Å². The molecule has 1 heterocycles. The fourth-order valence-electron chi connectivity index (χ4n) is 2.09. The zero-order chi connectivity index (χ0) is 15.4. The lowest BCUT2D eigenvalue weighted by Gasteiger charge is -2.14. The number of carbonyl (C=O) groups is 2. The Morgan fingerprint density at radius 1 is 1.19 bits per heavy atom. The molecule has 0 atom stereocenters. The molecule has 1 aliphatic heterocycles. The highest BCUT2D eigenvalue weighted by Gasteiger charge is 2.38. The van der Waals surface area contributed by atoms with Gasteiger partial charge in [0.25, 0.3) is 11.8 Å². The van der Waals surface area contributed by atoms with Gasteiger partial charge in [-0.1, -0.05) is 19.1 Å². The predicted molar refractivity (Wildman–Crippen MR) is 80.0 cm³/mol. The molecule has 0 aliphatic carbocycles. The van der Waals surface area contributed by atoms with Crippen molar-refractivity contribution < 1.29 is 18.7 Å². The van der Waals surface area contributed by atoms with E-state index in [0.29, 0.717) is 21.8 Å². The van der Waals surface area contributed by atoms with Crippen molar-refractivity contribution in [3.05, 3.63) is 40.6 Å². The summed E-state index contributed by atoms with van der Waals surface area (Å²) in [6.45, 7) is 2.42. The largest absolute Gasteiger partial charge is 0.383 e. The van der Waals surface area contributed by atoms with Gasteiger partial charge in [-0.15, -0.1) is 11.8 Å². The van der Waals surface area contributed by atoms with Gasteiger partial charge in [0.2, 0.25) is 0 Å². The van der Waals surface area contributed by atoms with Crippen LogP contribution in [0.2, 0.25) is 0 Å². The average Bonchev–Trinajstić information content (AvgIpc) is 2.70. The summed E-state index contributed by atoms with van der Waals surface area (Å²) in [5, 5.41) is 0. The Morgan fingerprint density at radius 2 is 1.86 bits per heavy atom. The highest BCUT2D eigenvalue weighted by Crippen LogP contribution is 2.35. The van der Waals surface area contributed by atoms with E-state index in [9.17, 15) is 14.0 Å². The fourth-order valence-corrected chi connectivity index (χ4v) is 2.96. The zero-order valence-corrected chi connectivity index (χ0v) is 12.7. The summed E-state index contributed by atoms with van der Waals surface area (Å²) in [6, 6.07) is 5.61. The third kappa shape index (κ3) is 3.16. The Hall–Kier alpha value is -1.66. The van der Waals surface area contributed by atoms with Crippen LogP contribution in [0.25, 0.3) is 5.57 Å². The van der Waals surface area contributed by atoms with Crippen molar-refractivity contribution >= 4 is 29.1 Å². The van der Waals surface area contributed by atoms with Gasteiger partial charge in [0.1, 0.15) is 5.82 Å². The molecule has 0 unspecified atom stereocenters. The van der Waals surface area contributed by atoms with E-state index < -0.39 is 0 Å². The number of rotatable bonds is 6. The molecule has 1 aliphatic rings. The van der Waals surface area contributed by atoms with Crippen LogP contribution in [0.4, 0.5) is 4.39 Å². The van der Waals surface area contributed by atoms with Crippen molar-refractivity contribution in [1.82, 2.24) is 4.90 Å². The number of hydrogen-bond acceptors (Lipinski definition) is 4. The number of hydrogen-bond donors (Lipinski definition) is 0. The summed E-state index contributed by atoms with van der Waals surface area (Å²) in [6.07, 6.45) is 0. The first-order valence-corrected chi connectivity index (χ1v) is 7.56. The van der Waals surface area contributed by atoms with Crippen LogP contribution in [0.3, 0.4) is 0 Å². The molecule has 4 nitrogen and oxygen atoms in total. The summed E-state index contributed by atoms with van der Waals surface area (Å²) in [5.74, 6) is -0.350. The lowest BCUT2D eigenvalue weighted by Crippen LogP contribution is -2.34. The van der Waals surface area contributed by atoms with Gasteiger partial charge in [-0.2, -0.15) is 0 Å². The van der Waals surface area contributed by atoms with Gasteiger partial charge in [0.15, 0.2) is 0 Å². The van der Waals surface area contributed by atoms with Gasteiger partial charge < -0.3 is 4.74 Å². The van der Waals surface area contributed by atoms with E-state index in [4.69, 9.17) is 4.74 Å². The van der Waals surface area contributed by atoms with Crippen LogP contribution in [-0.2, 0) is 14.3 Å². The molecule has 0 saturated carbocycles. The standard InChI is InChI=1S/C15H16FNO3S/c1-3-21-13-12(10-4-6-11(16)7-5-10)14(18)17(15(13)19)8-9-20-2/h4-7H,3,8-9H2,1-2H3. The van der Waals surface area contributed by atoms with Crippen molar-refractivity contribution in [3.63, 3.8) is 0 Å². The van der Waals surface area contributed by atoms with Crippen LogP contribution in [0, 0.1) is 5.82 Å². The molecule has 1 aromatic carbocycles. The minimum Gasteiger partial charge on any atom is -0.383 e. The number of benzene rings is 1. The topological polar surface area (TPSA) is 46.6 Å². The number of nitrogens with zero attached hydrogens (tertiary/aromatic N) is 1. The molecular weight excluding hydrogens is 293 g/mol. The van der Waals surface area contributed by atoms with Gasteiger partial charge in [-0.05, 0) is 23.4 Å². The van der Waals surface area contributed by atoms with Gasteiger partial charge in [-0.3, -0.25) is 14.5 Å². The van der Waals surface area contributed by atoms with Crippen molar-refractivity contribution in [2.75, 3.05) is 26.0 Å². The summed E-state index contributed by atoms with van der Waals surface area (Å²) >= 11 is 1.33. The van der Waals surface area contributed by atoms with Gasteiger partial charge >= 0.3 is 0 Å². The Labute approximate surface area is 127 Å². The maximum absolute atomic E-state index is 13.0. The molecule has 0 bridgehead atoms. The van der Waals surface area contributed by atoms with Crippen molar-refractivity contribution in [1.29, 1.82) is 0 Å². The van der Waals surface area contributed by atoms with Gasteiger partial charge in [0, 0.05) is 7.11 Å². The number of carbonyl (C=O) groups excluding carboxylic acids is 2. The van der Waals surface area contributed by atoms with Crippen molar-refractivity contribution in [2.45, 2.75) is 6.92 Å². The highest BCUT2D eigenvalue weighted by molar-refractivity contribution is 8.04. The molecule has 112 valence electrons. The number of methoxy groups -OCH3 is 1. The SMILES string of the molecule is CCSC1=C(c2ccc(F)cc2)C(=O)N(CCOC)C1=O. The summed E-state index contributed by atoms with van der Waals surface area (Å²) < 4.78 is 18.0.